The van der Waals surface area contributed by atoms with E-state index in [1.807, 2.05) is 0 Å². The van der Waals surface area contributed by atoms with Crippen molar-refractivity contribution in [2.45, 2.75) is 18.5 Å². The molecule has 1 saturated heterocycles. The van der Waals surface area contributed by atoms with Crippen molar-refractivity contribution < 1.29 is 22.7 Å². The number of nitrogens with one attached hydrogen (secondary N) is 1. The molecule has 1 aromatic carbocycles. The lowest BCUT2D eigenvalue weighted by molar-refractivity contribution is -0.147. The van der Waals surface area contributed by atoms with Gasteiger partial charge in [0.15, 0.2) is 0 Å². The van der Waals surface area contributed by atoms with E-state index in [0.29, 0.717) is 19.5 Å². The molecule has 6 heteroatoms. The summed E-state index contributed by atoms with van der Waals surface area (Å²) in [7, 11) is 1.33. The van der Waals surface area contributed by atoms with Crippen molar-refractivity contribution in [3.05, 3.63) is 35.4 Å². The number of carbonyl (C=O) groups excluding carboxylic acids is 1. The minimum absolute atomic E-state index is 0.154. The zero-order valence-electron chi connectivity index (χ0n) is 11.0. The maximum absolute atomic E-state index is 12.5. The molecule has 0 amide bonds. The molecule has 3 nitrogen and oxygen atoms in total. The van der Waals surface area contributed by atoms with Gasteiger partial charge in [-0.3, -0.25) is 4.79 Å². The average molecular weight is 287 g/mol. The average Bonchev–Trinajstić information content (AvgIpc) is 2.45. The summed E-state index contributed by atoms with van der Waals surface area (Å²) in [5.41, 5.74) is 0.0419. The number of methoxy groups -OCH3 is 1. The van der Waals surface area contributed by atoms with Crippen LogP contribution < -0.4 is 5.32 Å². The third-order valence-electron chi connectivity index (χ3n) is 3.65. The summed E-state index contributed by atoms with van der Waals surface area (Å²) in [6.45, 7) is 1.27. The van der Waals surface area contributed by atoms with E-state index in [2.05, 4.69) is 5.32 Å². The predicted octanol–water partition coefficient (Wildman–Crippen LogP) is 2.57. The predicted molar refractivity (Wildman–Crippen MR) is 67.2 cm³/mol. The Labute approximate surface area is 115 Å². The summed E-state index contributed by atoms with van der Waals surface area (Å²) in [5.74, 6) is -0.770. The summed E-state index contributed by atoms with van der Waals surface area (Å²) in [5, 5.41) is 3.16. The van der Waals surface area contributed by atoms with Crippen LogP contribution >= 0.6 is 0 Å². The van der Waals surface area contributed by atoms with Crippen LogP contribution in [0, 0.1) is 5.92 Å². The Bertz CT molecular complexity index is 470. The summed E-state index contributed by atoms with van der Waals surface area (Å²) in [4.78, 5) is 11.7. The highest BCUT2D eigenvalue weighted by atomic mass is 19.4. The first kappa shape index (κ1) is 14.8. The smallest absolute Gasteiger partial charge is 0.416 e. The van der Waals surface area contributed by atoms with Crippen molar-refractivity contribution in [3.8, 4) is 0 Å². The number of carbonyl (C=O) groups is 1. The Hall–Kier alpha value is -1.56. The van der Waals surface area contributed by atoms with Gasteiger partial charge < -0.3 is 10.1 Å². The lowest BCUT2D eigenvalue weighted by Crippen LogP contribution is -2.39. The van der Waals surface area contributed by atoms with Gasteiger partial charge >= 0.3 is 12.1 Å². The van der Waals surface area contributed by atoms with Crippen LogP contribution in [0.3, 0.4) is 0 Å². The molecule has 1 aliphatic rings. The molecule has 110 valence electrons. The largest absolute Gasteiger partial charge is 0.469 e. The molecule has 2 atom stereocenters. The minimum atomic E-state index is -4.34. The highest BCUT2D eigenvalue weighted by molar-refractivity contribution is 5.73. The number of halogens is 3. The van der Waals surface area contributed by atoms with Gasteiger partial charge in [-0.25, -0.2) is 0 Å². The van der Waals surface area contributed by atoms with E-state index < -0.39 is 11.7 Å². The molecule has 0 unspecified atom stereocenters. The van der Waals surface area contributed by atoms with Gasteiger partial charge in [0, 0.05) is 12.5 Å². The van der Waals surface area contributed by atoms with E-state index in [9.17, 15) is 18.0 Å². The van der Waals surface area contributed by atoms with Crippen molar-refractivity contribution in [2.75, 3.05) is 20.2 Å². The molecule has 1 fully saturated rings. The number of esters is 1. The molecule has 0 aliphatic carbocycles. The normalized spacial score (nSPS) is 23.4. The molecular formula is C14H16F3NO2. The van der Waals surface area contributed by atoms with Crippen LogP contribution in [-0.2, 0) is 15.7 Å². The Morgan fingerprint density at radius 1 is 1.30 bits per heavy atom. The van der Waals surface area contributed by atoms with E-state index in [4.69, 9.17) is 4.74 Å². The summed E-state index contributed by atoms with van der Waals surface area (Å²) in [6, 6.07) is 4.99. The van der Waals surface area contributed by atoms with E-state index in [1.54, 1.807) is 0 Å². The summed E-state index contributed by atoms with van der Waals surface area (Å²) in [6.07, 6.45) is -3.72. The van der Waals surface area contributed by atoms with E-state index in [-0.39, 0.29) is 17.8 Å². The van der Waals surface area contributed by atoms with Crippen molar-refractivity contribution in [1.29, 1.82) is 0 Å². The van der Waals surface area contributed by atoms with Crippen molar-refractivity contribution >= 4 is 5.97 Å². The van der Waals surface area contributed by atoms with Gasteiger partial charge in [0.25, 0.3) is 0 Å². The third kappa shape index (κ3) is 3.12. The van der Waals surface area contributed by atoms with Crippen LogP contribution in [0.1, 0.15) is 23.5 Å². The molecule has 0 bridgehead atoms. The first-order chi connectivity index (χ1) is 9.43. The molecule has 1 heterocycles. The second-order valence-electron chi connectivity index (χ2n) is 4.85. The van der Waals surface area contributed by atoms with Crippen molar-refractivity contribution in [3.63, 3.8) is 0 Å². The van der Waals surface area contributed by atoms with Gasteiger partial charge in [0.1, 0.15) is 0 Å². The molecule has 1 aromatic rings. The molecule has 2 rings (SSSR count). The monoisotopic (exact) mass is 287 g/mol. The lowest BCUT2D eigenvalue weighted by atomic mass is 9.81. The van der Waals surface area contributed by atoms with Gasteiger partial charge in [-0.2, -0.15) is 13.2 Å². The first-order valence-electron chi connectivity index (χ1n) is 6.39. The molecule has 20 heavy (non-hydrogen) atoms. The number of ether oxygens (including phenoxy) is 1. The summed E-state index contributed by atoms with van der Waals surface area (Å²) >= 11 is 0. The van der Waals surface area contributed by atoms with Crippen LogP contribution in [0.15, 0.2) is 24.3 Å². The molecule has 1 aliphatic heterocycles. The minimum Gasteiger partial charge on any atom is -0.469 e. The van der Waals surface area contributed by atoms with Crippen LogP contribution in [0.4, 0.5) is 13.2 Å². The Morgan fingerprint density at radius 2 is 1.95 bits per heavy atom. The topological polar surface area (TPSA) is 38.3 Å². The quantitative estimate of drug-likeness (QED) is 0.850. The molecular weight excluding hydrogens is 271 g/mol. The number of benzene rings is 1. The van der Waals surface area contributed by atoms with E-state index in [1.165, 1.54) is 19.2 Å². The maximum Gasteiger partial charge on any atom is 0.416 e. The van der Waals surface area contributed by atoms with Gasteiger partial charge in [0.2, 0.25) is 0 Å². The molecule has 0 radical (unpaired) electrons. The zero-order chi connectivity index (χ0) is 14.8. The van der Waals surface area contributed by atoms with Crippen LogP contribution in [0.2, 0.25) is 0 Å². The van der Waals surface area contributed by atoms with Crippen LogP contribution in [0.25, 0.3) is 0 Å². The SMILES string of the molecule is COC(=O)[C@@H]1CCNC[C@@H]1c1ccc(C(F)(F)F)cc1. The van der Waals surface area contributed by atoms with E-state index in [0.717, 1.165) is 17.7 Å². The standard InChI is InChI=1S/C14H16F3NO2/c1-20-13(19)11-6-7-18-8-12(11)9-2-4-10(5-3-9)14(15,16)17/h2-5,11-12,18H,6-8H2,1H3/t11-,12-/m1/s1. The second-order valence-corrected chi connectivity index (χ2v) is 4.85. The molecule has 0 spiro atoms. The first-order valence-corrected chi connectivity index (χ1v) is 6.39. The number of hydrogen-bond donors (Lipinski definition) is 1. The van der Waals surface area contributed by atoms with Crippen molar-refractivity contribution in [1.82, 2.24) is 5.32 Å². The lowest BCUT2D eigenvalue weighted by Gasteiger charge is -2.30. The second kappa shape index (κ2) is 5.83. The highest BCUT2D eigenvalue weighted by Gasteiger charge is 2.34. The highest BCUT2D eigenvalue weighted by Crippen LogP contribution is 2.33. The Kier molecular flexibility index (Phi) is 4.32. The number of piperidine rings is 1. The number of alkyl halides is 3. The third-order valence-corrected chi connectivity index (χ3v) is 3.65. The maximum atomic E-state index is 12.5. The number of hydrogen-bond acceptors (Lipinski definition) is 3. The van der Waals surface area contributed by atoms with Gasteiger partial charge in [-0.15, -0.1) is 0 Å². The molecule has 1 N–H and O–H groups in total. The fourth-order valence-electron chi connectivity index (χ4n) is 2.56. The Balaban J connectivity index is 2.22. The van der Waals surface area contributed by atoms with Crippen molar-refractivity contribution in [2.24, 2.45) is 5.92 Å². The zero-order valence-corrected chi connectivity index (χ0v) is 11.0. The van der Waals surface area contributed by atoms with Gasteiger partial charge in [-0.05, 0) is 30.7 Å². The van der Waals surface area contributed by atoms with Crippen LogP contribution in [0.5, 0.6) is 0 Å². The van der Waals surface area contributed by atoms with Gasteiger partial charge in [0.05, 0.1) is 18.6 Å². The fourth-order valence-corrected chi connectivity index (χ4v) is 2.56. The van der Waals surface area contributed by atoms with Crippen LogP contribution in [-0.4, -0.2) is 26.2 Å². The molecule has 0 saturated carbocycles. The van der Waals surface area contributed by atoms with E-state index >= 15 is 0 Å². The molecule has 0 aromatic heterocycles. The summed E-state index contributed by atoms with van der Waals surface area (Å²) < 4.78 is 42.4. The fraction of sp³-hybridized carbons (Fsp3) is 0.500. The van der Waals surface area contributed by atoms with Gasteiger partial charge in [-0.1, -0.05) is 12.1 Å². The Morgan fingerprint density at radius 3 is 2.50 bits per heavy atom. The number of rotatable bonds is 2.